The van der Waals surface area contributed by atoms with Gasteiger partial charge in [0.15, 0.2) is 0 Å². The van der Waals surface area contributed by atoms with Crippen LogP contribution in [-0.2, 0) is 4.74 Å². The van der Waals surface area contributed by atoms with Gasteiger partial charge in [-0.3, -0.25) is 0 Å². The third-order valence-corrected chi connectivity index (χ3v) is 14.8. The number of carbonyl (C=O) groups excluding carboxylic acids is 1. The van der Waals surface area contributed by atoms with Crippen LogP contribution in [0.2, 0.25) is 0 Å². The Hall–Kier alpha value is -2.27. The van der Waals surface area contributed by atoms with E-state index >= 15 is 0 Å². The smallest absolute Gasteiger partial charge is 0.338 e. The Morgan fingerprint density at radius 2 is 1.59 bits per heavy atom. The van der Waals surface area contributed by atoms with Gasteiger partial charge in [0, 0.05) is 5.41 Å². The summed E-state index contributed by atoms with van der Waals surface area (Å²) < 4.78 is 5.62. The molecule has 0 aromatic heterocycles. The average Bonchev–Trinajstić information content (AvgIpc) is 3.33. The topological polar surface area (TPSA) is 26.3 Å². The molecule has 0 spiro atoms. The number of hydrogen-bond donors (Lipinski definition) is 0. The number of carbonyl (C=O) groups is 1. The van der Waals surface area contributed by atoms with Gasteiger partial charge in [0.05, 0.1) is 5.56 Å². The Morgan fingerprint density at radius 1 is 0.909 bits per heavy atom. The number of benzene rings is 1. The first kappa shape index (κ1) is 31.7. The molecule has 0 bridgehead atoms. The number of fused-ring (bicyclic) bond motifs is 7. The fourth-order valence-electron chi connectivity index (χ4n) is 12.6. The van der Waals surface area contributed by atoms with Crippen LogP contribution in [0, 0.1) is 69.0 Å². The highest BCUT2D eigenvalue weighted by atomic mass is 16.6. The van der Waals surface area contributed by atoms with E-state index in [1.165, 1.54) is 68.1 Å². The van der Waals surface area contributed by atoms with E-state index in [1.54, 1.807) is 0 Å². The van der Waals surface area contributed by atoms with E-state index in [2.05, 4.69) is 72.3 Å². The molecule has 4 saturated carbocycles. The Balaban J connectivity index is 1.31. The first-order valence-electron chi connectivity index (χ1n) is 17.6. The molecule has 44 heavy (non-hydrogen) atoms. The van der Waals surface area contributed by atoms with Crippen molar-refractivity contribution in [1.29, 1.82) is 0 Å². The summed E-state index contributed by atoms with van der Waals surface area (Å²) in [6.07, 6.45) is 20.3. The van der Waals surface area contributed by atoms with Crippen LogP contribution < -0.4 is 0 Å². The van der Waals surface area contributed by atoms with E-state index in [9.17, 15) is 4.79 Å². The molecule has 4 fully saturated rings. The number of hydrogen-bond acceptors (Lipinski definition) is 2. The van der Waals surface area contributed by atoms with Crippen LogP contribution in [0.3, 0.4) is 0 Å². The summed E-state index contributed by atoms with van der Waals surface area (Å²) in [6, 6.07) is 8.20. The summed E-state index contributed by atoms with van der Waals surface area (Å²) >= 11 is 0. The van der Waals surface area contributed by atoms with Crippen LogP contribution in [-0.4, -0.2) is 11.6 Å². The lowest BCUT2D eigenvalue weighted by Crippen LogP contribution is -2.65. The summed E-state index contributed by atoms with van der Waals surface area (Å²) in [5.74, 6) is 6.40. The van der Waals surface area contributed by atoms with Crippen LogP contribution in [0.25, 0.3) is 5.57 Å². The van der Waals surface area contributed by atoms with Gasteiger partial charge in [-0.2, -0.15) is 0 Å². The van der Waals surface area contributed by atoms with Crippen molar-refractivity contribution >= 4 is 11.5 Å². The Kier molecular flexibility index (Phi) is 7.29. The maximum Gasteiger partial charge on any atom is 0.338 e. The van der Waals surface area contributed by atoms with Crippen LogP contribution in [0.15, 0.2) is 42.5 Å². The predicted octanol–water partition coefficient (Wildman–Crippen LogP) is 10.9. The average molecular weight is 595 g/mol. The normalized spacial score (nSPS) is 42.5. The second-order valence-corrected chi connectivity index (χ2v) is 18.1. The molecule has 0 saturated heterocycles. The molecule has 5 aliphatic rings. The minimum atomic E-state index is -0.495. The molecule has 6 rings (SSSR count). The van der Waals surface area contributed by atoms with Crippen molar-refractivity contribution < 1.29 is 9.53 Å². The molecular weight excluding hydrogens is 536 g/mol. The van der Waals surface area contributed by atoms with E-state index in [-0.39, 0.29) is 22.2 Å². The molecule has 5 aliphatic carbocycles. The largest absolute Gasteiger partial charge is 0.456 e. The maximum absolute atomic E-state index is 12.7. The molecule has 0 heterocycles. The first-order valence-corrected chi connectivity index (χ1v) is 17.6. The summed E-state index contributed by atoms with van der Waals surface area (Å²) in [7, 11) is 0. The number of esters is 1. The molecular formula is C42H58O2. The standard InChI is InChI=1S/C42H58O2/c1-12-42-24-19-30(27(2)3)35(42)32-17-18-34-39(9)22-20-31(28-13-15-29(16-14-28)36(43)44-37(4,5)6)38(7,8)33(39)21-23-41(34,11)40(32,10)25-26-42/h1,13-16,20,30,32-35H,2,17-19,21-26H2,3-11H3/t30-,32?,33-,34+,35+,39-,40+,41+,42+/m0/s1. The molecule has 238 valence electrons. The number of terminal acetylenes is 1. The molecule has 9 atom stereocenters. The second-order valence-electron chi connectivity index (χ2n) is 18.1. The SMILES string of the molecule is C#C[C@]12CC[C@@H](C(=C)C)[C@@H]1C1CC[C@@H]3[C@@]4(C)CC=C(c5ccc(C(=O)OC(C)(C)C)cc5)C(C)(C)[C@@H]4CC[C@@]3(C)[C@]1(C)CC2. The second kappa shape index (κ2) is 10.1. The van der Waals surface area contributed by atoms with Gasteiger partial charge in [-0.1, -0.05) is 70.9 Å². The van der Waals surface area contributed by atoms with E-state index in [4.69, 9.17) is 11.2 Å². The zero-order chi connectivity index (χ0) is 32.1. The Labute approximate surface area is 268 Å². The highest BCUT2D eigenvalue weighted by Crippen LogP contribution is 2.77. The molecule has 2 nitrogen and oxygen atoms in total. The summed E-state index contributed by atoms with van der Waals surface area (Å²) in [6.45, 7) is 25.6. The zero-order valence-electron chi connectivity index (χ0n) is 29.2. The molecule has 0 N–H and O–H groups in total. The monoisotopic (exact) mass is 594 g/mol. The van der Waals surface area contributed by atoms with E-state index < -0.39 is 5.60 Å². The van der Waals surface area contributed by atoms with Crippen molar-refractivity contribution in [3.05, 3.63) is 53.6 Å². The lowest BCUT2D eigenvalue weighted by molar-refractivity contribution is -0.220. The van der Waals surface area contributed by atoms with Crippen molar-refractivity contribution in [1.82, 2.24) is 0 Å². The van der Waals surface area contributed by atoms with E-state index in [0.29, 0.717) is 46.0 Å². The van der Waals surface area contributed by atoms with Crippen LogP contribution >= 0.6 is 0 Å². The Morgan fingerprint density at radius 3 is 2.20 bits per heavy atom. The van der Waals surface area contributed by atoms with Crippen LogP contribution in [0.1, 0.15) is 136 Å². The van der Waals surface area contributed by atoms with E-state index in [1.807, 2.05) is 32.9 Å². The minimum absolute atomic E-state index is 0.0568. The van der Waals surface area contributed by atoms with Gasteiger partial charge in [0.2, 0.25) is 0 Å². The van der Waals surface area contributed by atoms with Gasteiger partial charge in [0.1, 0.15) is 5.60 Å². The van der Waals surface area contributed by atoms with Crippen molar-refractivity contribution in [2.24, 2.45) is 56.7 Å². The van der Waals surface area contributed by atoms with Gasteiger partial charge in [-0.25, -0.2) is 4.79 Å². The maximum atomic E-state index is 12.7. The highest BCUT2D eigenvalue weighted by molar-refractivity contribution is 5.90. The van der Waals surface area contributed by atoms with Gasteiger partial charge in [0.25, 0.3) is 0 Å². The summed E-state index contributed by atoms with van der Waals surface area (Å²) in [5.41, 5.74) is 5.25. The summed E-state index contributed by atoms with van der Waals surface area (Å²) in [5, 5.41) is 0. The summed E-state index contributed by atoms with van der Waals surface area (Å²) in [4.78, 5) is 12.7. The first-order chi connectivity index (χ1) is 20.4. The van der Waals surface area contributed by atoms with Crippen molar-refractivity contribution in [3.63, 3.8) is 0 Å². The highest BCUT2D eigenvalue weighted by Gasteiger charge is 2.70. The lowest BCUT2D eigenvalue weighted by Gasteiger charge is -2.72. The third-order valence-electron chi connectivity index (χ3n) is 14.8. The predicted molar refractivity (Wildman–Crippen MR) is 183 cm³/mol. The molecule has 0 amide bonds. The fourth-order valence-corrected chi connectivity index (χ4v) is 12.6. The lowest BCUT2D eigenvalue weighted by atomic mass is 9.32. The molecule has 2 heteroatoms. The van der Waals surface area contributed by atoms with Crippen molar-refractivity contribution in [2.75, 3.05) is 0 Å². The molecule has 1 unspecified atom stereocenters. The zero-order valence-corrected chi connectivity index (χ0v) is 29.2. The number of ether oxygens (including phenoxy) is 1. The fraction of sp³-hybridized carbons (Fsp3) is 0.690. The van der Waals surface area contributed by atoms with Crippen LogP contribution in [0.5, 0.6) is 0 Å². The van der Waals surface area contributed by atoms with Crippen molar-refractivity contribution in [2.45, 2.75) is 126 Å². The van der Waals surface area contributed by atoms with Gasteiger partial charge in [-0.05, 0) is 160 Å². The molecule has 0 aliphatic heterocycles. The number of allylic oxidation sites excluding steroid dienone is 3. The van der Waals surface area contributed by atoms with E-state index in [0.717, 1.165) is 6.42 Å². The Bertz CT molecular complexity index is 1410. The van der Waals surface area contributed by atoms with Gasteiger partial charge >= 0.3 is 5.97 Å². The number of rotatable bonds is 3. The van der Waals surface area contributed by atoms with Gasteiger partial charge in [-0.15, -0.1) is 6.42 Å². The quantitative estimate of drug-likeness (QED) is 0.198. The molecule has 1 aromatic rings. The third kappa shape index (κ3) is 4.37. The molecule has 1 aromatic carbocycles. The minimum Gasteiger partial charge on any atom is -0.456 e. The van der Waals surface area contributed by atoms with Crippen molar-refractivity contribution in [3.8, 4) is 12.3 Å². The van der Waals surface area contributed by atoms with Crippen LogP contribution in [0.4, 0.5) is 0 Å². The molecule has 0 radical (unpaired) electrons. The van der Waals surface area contributed by atoms with Gasteiger partial charge < -0.3 is 4.74 Å².